The normalized spacial score (nSPS) is 12.6. The Bertz CT molecular complexity index is 810. The van der Waals surface area contributed by atoms with E-state index in [1.54, 1.807) is 13.0 Å². The van der Waals surface area contributed by atoms with Crippen molar-refractivity contribution in [1.29, 1.82) is 0 Å². The van der Waals surface area contributed by atoms with E-state index in [1.165, 1.54) is 11.1 Å². The molecule has 0 saturated carbocycles. The predicted octanol–water partition coefficient (Wildman–Crippen LogP) is 2.88. The summed E-state index contributed by atoms with van der Waals surface area (Å²) in [6.45, 7) is 5.38. The van der Waals surface area contributed by atoms with Crippen LogP contribution in [0, 0.1) is 6.92 Å². The SMILES string of the molecule is CCOC(=O)C(=O)Nc1cc(N2CCc3ccccc3C2)cc(C)n1.Cl. The molecule has 26 heavy (non-hydrogen) atoms. The van der Waals surface area contributed by atoms with Gasteiger partial charge in [0.25, 0.3) is 0 Å². The molecular weight excluding hydrogens is 354 g/mol. The van der Waals surface area contributed by atoms with E-state index in [1.807, 2.05) is 19.1 Å². The fourth-order valence-corrected chi connectivity index (χ4v) is 2.98. The summed E-state index contributed by atoms with van der Waals surface area (Å²) >= 11 is 0. The van der Waals surface area contributed by atoms with Crippen LogP contribution in [0.1, 0.15) is 23.7 Å². The Morgan fingerprint density at radius 3 is 2.69 bits per heavy atom. The van der Waals surface area contributed by atoms with Crippen LogP contribution >= 0.6 is 12.4 Å². The number of ether oxygens (including phenoxy) is 1. The molecule has 7 heteroatoms. The number of halogens is 1. The lowest BCUT2D eigenvalue weighted by molar-refractivity contribution is -0.152. The number of aromatic nitrogens is 1. The third-order valence-electron chi connectivity index (χ3n) is 4.14. The molecule has 1 aromatic heterocycles. The number of esters is 1. The van der Waals surface area contributed by atoms with Gasteiger partial charge >= 0.3 is 11.9 Å². The molecule has 1 N–H and O–H groups in total. The fraction of sp³-hybridized carbons (Fsp3) is 0.316. The molecule has 0 saturated heterocycles. The summed E-state index contributed by atoms with van der Waals surface area (Å²) in [5.41, 5.74) is 4.43. The second-order valence-corrected chi connectivity index (χ2v) is 5.97. The van der Waals surface area contributed by atoms with Gasteiger partial charge < -0.3 is 15.0 Å². The van der Waals surface area contributed by atoms with Gasteiger partial charge in [0.1, 0.15) is 5.82 Å². The topological polar surface area (TPSA) is 71.5 Å². The van der Waals surface area contributed by atoms with Gasteiger partial charge in [0.05, 0.1) is 6.61 Å². The van der Waals surface area contributed by atoms with E-state index in [0.717, 1.165) is 30.9 Å². The first-order chi connectivity index (χ1) is 12.1. The molecule has 0 atom stereocenters. The number of hydrogen-bond donors (Lipinski definition) is 1. The van der Waals surface area contributed by atoms with E-state index in [2.05, 4.69) is 33.4 Å². The molecule has 3 rings (SSSR count). The van der Waals surface area contributed by atoms with Crippen LogP contribution in [0.5, 0.6) is 0 Å². The Kier molecular flexibility index (Phi) is 6.58. The standard InChI is InChI=1S/C19H21N3O3.ClH/c1-3-25-19(24)18(23)21-17-11-16(10-13(2)20-17)22-9-8-14-6-4-5-7-15(14)12-22;/h4-7,10-11H,3,8-9,12H2,1-2H3,(H,20,21,23);1H. The van der Waals surface area contributed by atoms with Gasteiger partial charge in [-0.25, -0.2) is 9.78 Å². The molecule has 6 nitrogen and oxygen atoms in total. The van der Waals surface area contributed by atoms with Crippen molar-refractivity contribution in [1.82, 2.24) is 4.98 Å². The van der Waals surface area contributed by atoms with Gasteiger partial charge in [0.2, 0.25) is 0 Å². The van der Waals surface area contributed by atoms with E-state index < -0.39 is 11.9 Å². The molecule has 0 bridgehead atoms. The number of anilines is 2. The number of rotatable bonds is 3. The van der Waals surface area contributed by atoms with Crippen molar-refractivity contribution in [3.63, 3.8) is 0 Å². The van der Waals surface area contributed by atoms with Crippen molar-refractivity contribution in [3.8, 4) is 0 Å². The Labute approximate surface area is 159 Å². The average molecular weight is 376 g/mol. The third kappa shape index (κ3) is 4.52. The monoisotopic (exact) mass is 375 g/mol. The van der Waals surface area contributed by atoms with E-state index >= 15 is 0 Å². The number of carbonyl (C=O) groups is 2. The van der Waals surface area contributed by atoms with E-state index in [0.29, 0.717) is 5.82 Å². The molecule has 0 spiro atoms. The maximum atomic E-state index is 11.8. The largest absolute Gasteiger partial charge is 0.459 e. The zero-order valence-corrected chi connectivity index (χ0v) is 15.6. The number of aryl methyl sites for hydroxylation is 1. The van der Waals surface area contributed by atoms with Crippen molar-refractivity contribution in [2.45, 2.75) is 26.8 Å². The highest BCUT2D eigenvalue weighted by molar-refractivity contribution is 6.37. The molecular formula is C19H22ClN3O3. The molecule has 138 valence electrons. The minimum absolute atomic E-state index is 0. The smallest absolute Gasteiger partial charge is 0.397 e. The Morgan fingerprint density at radius 2 is 1.96 bits per heavy atom. The van der Waals surface area contributed by atoms with Crippen molar-refractivity contribution in [2.24, 2.45) is 0 Å². The first kappa shape index (κ1) is 19.7. The van der Waals surface area contributed by atoms with Crippen LogP contribution in [0.3, 0.4) is 0 Å². The van der Waals surface area contributed by atoms with E-state index in [4.69, 9.17) is 4.74 Å². The average Bonchev–Trinajstić information content (AvgIpc) is 2.61. The van der Waals surface area contributed by atoms with Crippen LogP contribution in [0.15, 0.2) is 36.4 Å². The molecule has 0 aliphatic carbocycles. The fourth-order valence-electron chi connectivity index (χ4n) is 2.98. The van der Waals surface area contributed by atoms with Gasteiger partial charge in [-0.05, 0) is 37.5 Å². The summed E-state index contributed by atoms with van der Waals surface area (Å²) in [4.78, 5) is 29.8. The molecule has 2 heterocycles. The number of pyridine rings is 1. The number of nitrogens with one attached hydrogen (secondary N) is 1. The maximum Gasteiger partial charge on any atom is 0.397 e. The van der Waals surface area contributed by atoms with Crippen LogP contribution < -0.4 is 10.2 Å². The van der Waals surface area contributed by atoms with Gasteiger partial charge in [0.15, 0.2) is 0 Å². The summed E-state index contributed by atoms with van der Waals surface area (Å²) in [5, 5.41) is 2.51. The van der Waals surface area contributed by atoms with Gasteiger partial charge in [-0.3, -0.25) is 4.79 Å². The van der Waals surface area contributed by atoms with Gasteiger partial charge in [-0.2, -0.15) is 0 Å². The first-order valence-corrected chi connectivity index (χ1v) is 8.35. The molecule has 1 aromatic carbocycles. The second-order valence-electron chi connectivity index (χ2n) is 5.97. The quantitative estimate of drug-likeness (QED) is 0.659. The van der Waals surface area contributed by atoms with Crippen LogP contribution in [0.4, 0.5) is 11.5 Å². The highest BCUT2D eigenvalue weighted by Crippen LogP contribution is 2.26. The van der Waals surface area contributed by atoms with Crippen LogP contribution in [0.25, 0.3) is 0 Å². The maximum absolute atomic E-state index is 11.8. The Balaban J connectivity index is 0.00000243. The minimum Gasteiger partial charge on any atom is -0.459 e. The molecule has 0 unspecified atom stereocenters. The number of nitrogens with zero attached hydrogens (tertiary/aromatic N) is 2. The number of carbonyl (C=O) groups excluding carboxylic acids is 2. The van der Waals surface area contributed by atoms with Crippen LogP contribution in [0.2, 0.25) is 0 Å². The van der Waals surface area contributed by atoms with Crippen LogP contribution in [-0.4, -0.2) is 30.0 Å². The number of benzene rings is 1. The van der Waals surface area contributed by atoms with Crippen LogP contribution in [-0.2, 0) is 27.3 Å². The van der Waals surface area contributed by atoms with Gasteiger partial charge in [-0.15, -0.1) is 12.4 Å². The van der Waals surface area contributed by atoms with Crippen molar-refractivity contribution in [3.05, 3.63) is 53.2 Å². The summed E-state index contributed by atoms with van der Waals surface area (Å²) in [7, 11) is 0. The summed E-state index contributed by atoms with van der Waals surface area (Å²) < 4.78 is 4.70. The first-order valence-electron chi connectivity index (χ1n) is 8.35. The zero-order chi connectivity index (χ0) is 17.8. The molecule has 2 aromatic rings. The summed E-state index contributed by atoms with van der Waals surface area (Å²) in [6, 6.07) is 12.2. The van der Waals surface area contributed by atoms with Crippen molar-refractivity contribution >= 4 is 35.8 Å². The molecule has 0 radical (unpaired) electrons. The lowest BCUT2D eigenvalue weighted by atomic mass is 9.99. The summed E-state index contributed by atoms with van der Waals surface area (Å²) in [5.74, 6) is -1.36. The highest BCUT2D eigenvalue weighted by atomic mass is 35.5. The zero-order valence-electron chi connectivity index (χ0n) is 14.8. The number of hydrogen-bond acceptors (Lipinski definition) is 5. The third-order valence-corrected chi connectivity index (χ3v) is 4.14. The predicted molar refractivity (Wildman–Crippen MR) is 103 cm³/mol. The number of fused-ring (bicyclic) bond motifs is 1. The van der Waals surface area contributed by atoms with Crippen molar-refractivity contribution < 1.29 is 14.3 Å². The Morgan fingerprint density at radius 1 is 1.23 bits per heavy atom. The second kappa shape index (κ2) is 8.67. The number of amides is 1. The van der Waals surface area contributed by atoms with Gasteiger partial charge in [-0.1, -0.05) is 24.3 Å². The molecule has 1 amide bonds. The lowest BCUT2D eigenvalue weighted by Gasteiger charge is -2.31. The van der Waals surface area contributed by atoms with E-state index in [-0.39, 0.29) is 19.0 Å². The molecule has 1 aliphatic rings. The minimum atomic E-state index is -0.903. The van der Waals surface area contributed by atoms with Crippen molar-refractivity contribution in [2.75, 3.05) is 23.4 Å². The summed E-state index contributed by atoms with van der Waals surface area (Å²) in [6.07, 6.45) is 0.974. The molecule has 1 aliphatic heterocycles. The van der Waals surface area contributed by atoms with E-state index in [9.17, 15) is 9.59 Å². The highest BCUT2D eigenvalue weighted by Gasteiger charge is 2.19. The Hall–Kier alpha value is -2.60. The van der Waals surface area contributed by atoms with Gasteiger partial charge in [0, 0.05) is 30.5 Å². The lowest BCUT2D eigenvalue weighted by Crippen LogP contribution is -2.30. The molecule has 0 fully saturated rings.